The van der Waals surface area contributed by atoms with E-state index in [2.05, 4.69) is 4.74 Å². The highest BCUT2D eigenvalue weighted by Crippen LogP contribution is 2.51. The fraction of sp³-hybridized carbons (Fsp3) is 0.316. The second kappa shape index (κ2) is 6.90. The number of ether oxygens (including phenoxy) is 1. The number of rotatable bonds is 5. The van der Waals surface area contributed by atoms with Gasteiger partial charge in [-0.05, 0) is 41.7 Å². The number of nitrogens with zero attached hydrogens (tertiary/aromatic N) is 1. The van der Waals surface area contributed by atoms with Gasteiger partial charge in [0.15, 0.2) is 0 Å². The Bertz CT molecular complexity index is 807. The Labute approximate surface area is 148 Å². The number of hydrogen-bond acceptors (Lipinski definition) is 3. The van der Waals surface area contributed by atoms with Crippen LogP contribution < -0.4 is 4.74 Å². The number of phenols is 1. The molecule has 2 aromatic carbocycles. The Morgan fingerprint density at radius 3 is 2.65 bits per heavy atom. The minimum Gasteiger partial charge on any atom is -0.508 e. The van der Waals surface area contributed by atoms with E-state index in [1.807, 2.05) is 0 Å². The molecule has 0 spiro atoms. The lowest BCUT2D eigenvalue weighted by atomic mass is 10.1. The van der Waals surface area contributed by atoms with E-state index in [1.54, 1.807) is 43.4 Å². The zero-order valence-corrected chi connectivity index (χ0v) is 14.0. The van der Waals surface area contributed by atoms with Crippen molar-refractivity contribution < 1.29 is 27.8 Å². The molecule has 0 aliphatic heterocycles. The first kappa shape index (κ1) is 18.1. The second-order valence-corrected chi connectivity index (χ2v) is 6.40. The minimum atomic E-state index is -4.77. The average molecular weight is 365 g/mol. The predicted molar refractivity (Wildman–Crippen MR) is 88.6 cm³/mol. The van der Waals surface area contributed by atoms with Gasteiger partial charge in [-0.2, -0.15) is 0 Å². The fourth-order valence-corrected chi connectivity index (χ4v) is 3.11. The molecule has 1 aliphatic rings. The van der Waals surface area contributed by atoms with E-state index in [9.17, 15) is 23.1 Å². The maximum absolute atomic E-state index is 12.6. The summed E-state index contributed by atoms with van der Waals surface area (Å²) in [4.78, 5) is 14.1. The van der Waals surface area contributed by atoms with Crippen molar-refractivity contribution >= 4 is 5.91 Å². The molecule has 138 valence electrons. The fourth-order valence-electron chi connectivity index (χ4n) is 3.11. The topological polar surface area (TPSA) is 49.8 Å². The van der Waals surface area contributed by atoms with Crippen LogP contribution in [0.3, 0.4) is 0 Å². The molecule has 4 nitrogen and oxygen atoms in total. The van der Waals surface area contributed by atoms with E-state index < -0.39 is 6.36 Å². The minimum absolute atomic E-state index is 0.117. The highest BCUT2D eigenvalue weighted by molar-refractivity contribution is 5.83. The molecule has 2 unspecified atom stereocenters. The van der Waals surface area contributed by atoms with Crippen molar-refractivity contribution in [3.8, 4) is 11.5 Å². The summed E-state index contributed by atoms with van der Waals surface area (Å²) >= 11 is 0. The van der Waals surface area contributed by atoms with Gasteiger partial charge in [-0.25, -0.2) is 0 Å². The highest BCUT2D eigenvalue weighted by Gasteiger charge is 2.47. The molecule has 7 heteroatoms. The Morgan fingerprint density at radius 2 is 1.96 bits per heavy atom. The lowest BCUT2D eigenvalue weighted by Gasteiger charge is -2.18. The standard InChI is InChI=1S/C19H18F3NO3/c1-23(11-12-5-4-6-13(24)9-12)18(25)16-10-15(16)14-7-2-3-8-17(14)26-19(20,21)22/h2-9,15-16,24H,10-11H2,1H3. The van der Waals surface area contributed by atoms with Crippen LogP contribution in [0.2, 0.25) is 0 Å². The number of halogens is 3. The summed E-state index contributed by atoms with van der Waals surface area (Å²) < 4.78 is 41.7. The van der Waals surface area contributed by atoms with Gasteiger partial charge >= 0.3 is 6.36 Å². The third-order valence-corrected chi connectivity index (χ3v) is 4.36. The van der Waals surface area contributed by atoms with Crippen LogP contribution in [0.25, 0.3) is 0 Å². The molecule has 1 saturated carbocycles. The van der Waals surface area contributed by atoms with Crippen LogP contribution in [-0.4, -0.2) is 29.3 Å². The van der Waals surface area contributed by atoms with E-state index in [-0.39, 0.29) is 29.2 Å². The van der Waals surface area contributed by atoms with Gasteiger partial charge in [0.05, 0.1) is 0 Å². The smallest absolute Gasteiger partial charge is 0.508 e. The normalized spacial score (nSPS) is 19.1. The van der Waals surface area contributed by atoms with Crippen molar-refractivity contribution in [2.75, 3.05) is 7.05 Å². The Balaban J connectivity index is 1.67. The number of alkyl halides is 3. The number of para-hydroxylation sites is 1. The monoisotopic (exact) mass is 365 g/mol. The van der Waals surface area contributed by atoms with Gasteiger partial charge in [0.2, 0.25) is 5.91 Å². The van der Waals surface area contributed by atoms with Gasteiger partial charge in [0.1, 0.15) is 11.5 Å². The summed E-state index contributed by atoms with van der Waals surface area (Å²) in [5, 5.41) is 9.49. The van der Waals surface area contributed by atoms with Gasteiger partial charge in [-0.15, -0.1) is 13.2 Å². The number of amides is 1. The van der Waals surface area contributed by atoms with Crippen molar-refractivity contribution in [3.63, 3.8) is 0 Å². The predicted octanol–water partition coefficient (Wildman–Crippen LogP) is 4.05. The molecule has 0 bridgehead atoms. The van der Waals surface area contributed by atoms with Gasteiger partial charge < -0.3 is 14.7 Å². The second-order valence-electron chi connectivity index (χ2n) is 6.40. The summed E-state index contributed by atoms with van der Waals surface area (Å²) in [5.74, 6) is -0.926. The summed E-state index contributed by atoms with van der Waals surface area (Å²) in [5.41, 5.74) is 1.17. The summed E-state index contributed by atoms with van der Waals surface area (Å²) in [6.45, 7) is 0.317. The maximum Gasteiger partial charge on any atom is 0.573 e. The van der Waals surface area contributed by atoms with E-state index in [0.29, 0.717) is 18.5 Å². The number of carbonyl (C=O) groups is 1. The highest BCUT2D eigenvalue weighted by atomic mass is 19.4. The Morgan fingerprint density at radius 1 is 1.23 bits per heavy atom. The quantitative estimate of drug-likeness (QED) is 0.870. The lowest BCUT2D eigenvalue weighted by molar-refractivity contribution is -0.274. The molecule has 0 radical (unpaired) electrons. The third kappa shape index (κ3) is 4.28. The SMILES string of the molecule is CN(Cc1cccc(O)c1)C(=O)C1CC1c1ccccc1OC(F)(F)F. The molecule has 26 heavy (non-hydrogen) atoms. The Hall–Kier alpha value is -2.70. The van der Waals surface area contributed by atoms with E-state index in [0.717, 1.165) is 5.56 Å². The van der Waals surface area contributed by atoms with Crippen LogP contribution in [-0.2, 0) is 11.3 Å². The van der Waals surface area contributed by atoms with E-state index in [4.69, 9.17) is 0 Å². The third-order valence-electron chi connectivity index (χ3n) is 4.36. The molecule has 2 aromatic rings. The molecule has 0 saturated heterocycles. The molecule has 1 fully saturated rings. The van der Waals surface area contributed by atoms with Crippen molar-refractivity contribution in [1.29, 1.82) is 0 Å². The molecular weight excluding hydrogens is 347 g/mol. The first-order valence-electron chi connectivity index (χ1n) is 8.12. The maximum atomic E-state index is 12.6. The molecule has 3 rings (SSSR count). The number of benzene rings is 2. The zero-order valence-electron chi connectivity index (χ0n) is 14.0. The summed E-state index contributed by atoms with van der Waals surface area (Å²) in [6.07, 6.45) is -4.28. The molecule has 1 aliphatic carbocycles. The lowest BCUT2D eigenvalue weighted by Crippen LogP contribution is -2.28. The molecule has 0 aromatic heterocycles. The van der Waals surface area contributed by atoms with Crippen LogP contribution >= 0.6 is 0 Å². The van der Waals surface area contributed by atoms with Gasteiger partial charge in [-0.3, -0.25) is 4.79 Å². The number of hydrogen-bond donors (Lipinski definition) is 1. The number of phenolic OH excluding ortho intramolecular Hbond substituents is 1. The molecule has 1 N–H and O–H groups in total. The van der Waals surface area contributed by atoms with Crippen LogP contribution in [0.15, 0.2) is 48.5 Å². The molecule has 2 atom stereocenters. The van der Waals surface area contributed by atoms with Crippen LogP contribution in [0, 0.1) is 5.92 Å². The summed E-state index contributed by atoms with van der Waals surface area (Å²) in [7, 11) is 1.64. The van der Waals surface area contributed by atoms with Crippen LogP contribution in [0.4, 0.5) is 13.2 Å². The Kier molecular flexibility index (Phi) is 4.80. The first-order valence-corrected chi connectivity index (χ1v) is 8.12. The van der Waals surface area contributed by atoms with Gasteiger partial charge in [0, 0.05) is 19.5 Å². The van der Waals surface area contributed by atoms with Crippen LogP contribution in [0.1, 0.15) is 23.5 Å². The molecule has 0 heterocycles. The van der Waals surface area contributed by atoms with Crippen LogP contribution in [0.5, 0.6) is 11.5 Å². The van der Waals surface area contributed by atoms with Crippen molar-refractivity contribution in [3.05, 3.63) is 59.7 Å². The molecular formula is C19H18F3NO3. The largest absolute Gasteiger partial charge is 0.573 e. The van der Waals surface area contributed by atoms with Gasteiger partial charge in [-0.1, -0.05) is 30.3 Å². The van der Waals surface area contributed by atoms with E-state index >= 15 is 0 Å². The average Bonchev–Trinajstić information content (AvgIpc) is 3.33. The van der Waals surface area contributed by atoms with Crippen molar-refractivity contribution in [2.45, 2.75) is 25.2 Å². The van der Waals surface area contributed by atoms with Crippen molar-refractivity contribution in [1.82, 2.24) is 4.90 Å². The number of aromatic hydroxyl groups is 1. The summed E-state index contributed by atoms with van der Waals surface area (Å²) in [6, 6.07) is 12.5. The zero-order chi connectivity index (χ0) is 18.9. The first-order chi connectivity index (χ1) is 12.2. The molecule has 1 amide bonds. The van der Waals surface area contributed by atoms with Gasteiger partial charge in [0.25, 0.3) is 0 Å². The number of carbonyl (C=O) groups excluding carboxylic acids is 1. The van der Waals surface area contributed by atoms with E-state index in [1.165, 1.54) is 17.0 Å². The van der Waals surface area contributed by atoms with Crippen molar-refractivity contribution in [2.24, 2.45) is 5.92 Å².